The number of benzene rings is 1. The molecule has 1 amide bonds. The molecular formula is C16H22N2O3. The van der Waals surface area contributed by atoms with E-state index in [-0.39, 0.29) is 12.0 Å². The van der Waals surface area contributed by atoms with Gasteiger partial charge in [0.15, 0.2) is 6.10 Å². The van der Waals surface area contributed by atoms with Gasteiger partial charge in [-0.3, -0.25) is 9.80 Å². The number of carbonyl (C=O) groups is 1. The van der Waals surface area contributed by atoms with E-state index in [1.165, 1.54) is 0 Å². The van der Waals surface area contributed by atoms with Crippen LogP contribution in [0, 0.1) is 0 Å². The fourth-order valence-corrected chi connectivity index (χ4v) is 3.01. The van der Waals surface area contributed by atoms with Crippen molar-refractivity contribution in [1.82, 2.24) is 10.0 Å². The van der Waals surface area contributed by atoms with Crippen LogP contribution in [0.4, 0.5) is 0 Å². The standard InChI is InChI=1S/C16H22N2O3/c1-20-12-14-8-5-9-17(14)18-10-15(16(18)19)21-11-13-6-3-2-4-7-13/h2-4,6-7,14-15H,5,8-12H2,1H3/t14-,15?/m0/s1. The van der Waals surface area contributed by atoms with Crippen molar-refractivity contribution in [3.05, 3.63) is 35.9 Å². The number of ether oxygens (including phenoxy) is 2. The fourth-order valence-electron chi connectivity index (χ4n) is 3.01. The van der Waals surface area contributed by atoms with Gasteiger partial charge in [0, 0.05) is 13.7 Å². The quantitative estimate of drug-likeness (QED) is 0.744. The maximum Gasteiger partial charge on any atom is 0.268 e. The summed E-state index contributed by atoms with van der Waals surface area (Å²) in [5, 5.41) is 3.97. The minimum absolute atomic E-state index is 0.0777. The molecule has 3 rings (SSSR count). The van der Waals surface area contributed by atoms with E-state index in [1.807, 2.05) is 35.3 Å². The van der Waals surface area contributed by atoms with Gasteiger partial charge in [-0.1, -0.05) is 30.3 Å². The summed E-state index contributed by atoms with van der Waals surface area (Å²) < 4.78 is 10.9. The first-order chi connectivity index (χ1) is 10.3. The Kier molecular flexibility index (Phi) is 4.53. The highest BCUT2D eigenvalue weighted by Crippen LogP contribution is 2.26. The highest BCUT2D eigenvalue weighted by Gasteiger charge is 2.44. The van der Waals surface area contributed by atoms with Crippen molar-refractivity contribution in [2.45, 2.75) is 31.6 Å². The summed E-state index contributed by atoms with van der Waals surface area (Å²) >= 11 is 0. The Morgan fingerprint density at radius 3 is 2.81 bits per heavy atom. The molecule has 5 nitrogen and oxygen atoms in total. The van der Waals surface area contributed by atoms with Crippen LogP contribution in [0.1, 0.15) is 18.4 Å². The lowest BCUT2D eigenvalue weighted by molar-refractivity contribution is -0.196. The fraction of sp³-hybridized carbons (Fsp3) is 0.562. The number of amides is 1. The van der Waals surface area contributed by atoms with Crippen molar-refractivity contribution < 1.29 is 14.3 Å². The number of hydrogen-bond donors (Lipinski definition) is 0. The molecule has 2 fully saturated rings. The van der Waals surface area contributed by atoms with Crippen molar-refractivity contribution in [3.63, 3.8) is 0 Å². The van der Waals surface area contributed by atoms with Crippen molar-refractivity contribution in [1.29, 1.82) is 0 Å². The molecule has 0 bridgehead atoms. The highest BCUT2D eigenvalue weighted by molar-refractivity contribution is 5.86. The number of β-lactam (4-membered cyclic amide) rings is 1. The van der Waals surface area contributed by atoms with E-state index in [0.29, 0.717) is 25.8 Å². The number of carbonyl (C=O) groups excluding carboxylic acids is 1. The van der Waals surface area contributed by atoms with Gasteiger partial charge in [0.1, 0.15) is 0 Å². The third-order valence-corrected chi connectivity index (χ3v) is 4.18. The van der Waals surface area contributed by atoms with Gasteiger partial charge in [-0.2, -0.15) is 0 Å². The molecule has 2 aliphatic rings. The molecule has 5 heteroatoms. The van der Waals surface area contributed by atoms with E-state index < -0.39 is 0 Å². The number of hydrogen-bond acceptors (Lipinski definition) is 4. The van der Waals surface area contributed by atoms with E-state index in [9.17, 15) is 4.79 Å². The second-order valence-electron chi connectivity index (χ2n) is 5.62. The van der Waals surface area contributed by atoms with Crippen molar-refractivity contribution in [2.75, 3.05) is 26.8 Å². The largest absolute Gasteiger partial charge is 0.383 e. The van der Waals surface area contributed by atoms with Crippen molar-refractivity contribution >= 4 is 5.91 Å². The monoisotopic (exact) mass is 290 g/mol. The summed E-state index contributed by atoms with van der Waals surface area (Å²) in [7, 11) is 1.71. The molecule has 1 aromatic rings. The van der Waals surface area contributed by atoms with Crippen LogP contribution in [-0.2, 0) is 20.9 Å². The van der Waals surface area contributed by atoms with Crippen LogP contribution in [-0.4, -0.2) is 54.9 Å². The highest BCUT2D eigenvalue weighted by atomic mass is 16.5. The zero-order valence-corrected chi connectivity index (χ0v) is 12.4. The summed E-state index contributed by atoms with van der Waals surface area (Å²) in [6, 6.07) is 10.3. The van der Waals surface area contributed by atoms with Crippen LogP contribution >= 0.6 is 0 Å². The van der Waals surface area contributed by atoms with E-state index in [1.54, 1.807) is 7.11 Å². The summed E-state index contributed by atoms with van der Waals surface area (Å²) in [4.78, 5) is 12.2. The zero-order chi connectivity index (χ0) is 14.7. The third-order valence-electron chi connectivity index (χ3n) is 4.18. The third kappa shape index (κ3) is 3.10. The average molecular weight is 290 g/mol. The molecule has 2 atom stereocenters. The van der Waals surface area contributed by atoms with Crippen LogP contribution in [0.25, 0.3) is 0 Å². The Hall–Kier alpha value is -1.43. The lowest BCUT2D eigenvalue weighted by Crippen LogP contribution is -2.65. The molecule has 2 heterocycles. The average Bonchev–Trinajstić information content (AvgIpc) is 2.95. The van der Waals surface area contributed by atoms with E-state index in [0.717, 1.165) is 24.9 Å². The first-order valence-corrected chi connectivity index (χ1v) is 7.52. The molecule has 21 heavy (non-hydrogen) atoms. The molecule has 114 valence electrons. The number of rotatable bonds is 6. The second-order valence-corrected chi connectivity index (χ2v) is 5.62. The normalized spacial score (nSPS) is 26.1. The molecular weight excluding hydrogens is 268 g/mol. The van der Waals surface area contributed by atoms with Crippen LogP contribution in [0.2, 0.25) is 0 Å². The molecule has 0 spiro atoms. The maximum atomic E-state index is 12.2. The molecule has 2 saturated heterocycles. The van der Waals surface area contributed by atoms with Gasteiger partial charge in [-0.15, -0.1) is 0 Å². The Labute approximate surface area is 125 Å². The van der Waals surface area contributed by atoms with Crippen LogP contribution < -0.4 is 0 Å². The predicted octanol–water partition coefficient (Wildman–Crippen LogP) is 1.44. The second kappa shape index (κ2) is 6.56. The molecule has 0 aliphatic carbocycles. The van der Waals surface area contributed by atoms with Gasteiger partial charge < -0.3 is 9.47 Å². The molecule has 0 aromatic heterocycles. The van der Waals surface area contributed by atoms with Crippen molar-refractivity contribution in [2.24, 2.45) is 0 Å². The number of nitrogens with zero attached hydrogens (tertiary/aromatic N) is 2. The van der Waals surface area contributed by atoms with E-state index in [4.69, 9.17) is 9.47 Å². The van der Waals surface area contributed by atoms with Gasteiger partial charge in [-0.05, 0) is 18.4 Å². The predicted molar refractivity (Wildman–Crippen MR) is 78.3 cm³/mol. The minimum Gasteiger partial charge on any atom is -0.383 e. The molecule has 1 aromatic carbocycles. The van der Waals surface area contributed by atoms with Gasteiger partial charge in [0.2, 0.25) is 0 Å². The maximum absolute atomic E-state index is 12.2. The molecule has 0 N–H and O–H groups in total. The molecule has 0 saturated carbocycles. The lowest BCUT2D eigenvalue weighted by Gasteiger charge is -2.45. The Morgan fingerprint density at radius 1 is 1.29 bits per heavy atom. The van der Waals surface area contributed by atoms with E-state index in [2.05, 4.69) is 5.01 Å². The van der Waals surface area contributed by atoms with E-state index >= 15 is 0 Å². The van der Waals surface area contributed by atoms with Crippen LogP contribution in [0.15, 0.2) is 30.3 Å². The summed E-state index contributed by atoms with van der Waals surface area (Å²) in [6.07, 6.45) is 1.91. The molecule has 2 aliphatic heterocycles. The summed E-state index contributed by atoms with van der Waals surface area (Å²) in [6.45, 7) is 2.77. The van der Waals surface area contributed by atoms with Crippen LogP contribution in [0.3, 0.4) is 0 Å². The number of hydrazine groups is 1. The summed E-state index contributed by atoms with van der Waals surface area (Å²) in [5.41, 5.74) is 1.10. The molecule has 0 radical (unpaired) electrons. The number of methoxy groups -OCH3 is 1. The van der Waals surface area contributed by atoms with Gasteiger partial charge in [0.25, 0.3) is 5.91 Å². The van der Waals surface area contributed by atoms with Crippen LogP contribution in [0.5, 0.6) is 0 Å². The Morgan fingerprint density at radius 2 is 2.10 bits per heavy atom. The van der Waals surface area contributed by atoms with Gasteiger partial charge >= 0.3 is 0 Å². The van der Waals surface area contributed by atoms with Gasteiger partial charge in [0.05, 0.1) is 25.8 Å². The first kappa shape index (κ1) is 14.5. The summed E-state index contributed by atoms with van der Waals surface area (Å²) in [5.74, 6) is 0.0777. The zero-order valence-electron chi connectivity index (χ0n) is 12.4. The topological polar surface area (TPSA) is 42.0 Å². The molecule has 1 unspecified atom stereocenters. The Bertz CT molecular complexity index is 480. The SMILES string of the molecule is COC[C@@H]1CCCN1N1CC(OCc2ccccc2)C1=O. The smallest absolute Gasteiger partial charge is 0.268 e. The van der Waals surface area contributed by atoms with Gasteiger partial charge in [-0.25, -0.2) is 5.01 Å². The van der Waals surface area contributed by atoms with Crippen molar-refractivity contribution in [3.8, 4) is 0 Å². The first-order valence-electron chi connectivity index (χ1n) is 7.52. The lowest BCUT2D eigenvalue weighted by atomic mass is 10.1. The minimum atomic E-state index is -0.297. The Balaban J connectivity index is 1.49.